The number of benzene rings is 1. The monoisotopic (exact) mass is 337 g/mol. The second-order valence-electron chi connectivity index (χ2n) is 4.88. The molecular weight excluding hydrogens is 314 g/mol. The molecule has 1 unspecified atom stereocenters. The van der Waals surface area contributed by atoms with Crippen LogP contribution in [0.2, 0.25) is 0 Å². The van der Waals surface area contributed by atoms with E-state index in [1.807, 2.05) is 19.1 Å². The number of hydrogen-bond acceptors (Lipinski definition) is 5. The molecule has 0 radical (unpaired) electrons. The van der Waals surface area contributed by atoms with Gasteiger partial charge >= 0.3 is 5.97 Å². The number of nitrogens with one attached hydrogen (secondary N) is 1. The third kappa shape index (κ3) is 8.42. The summed E-state index contributed by atoms with van der Waals surface area (Å²) >= 11 is 1.66. The van der Waals surface area contributed by atoms with Gasteiger partial charge < -0.3 is 14.8 Å². The average Bonchev–Trinajstić information content (AvgIpc) is 2.55. The number of aryl methyl sites for hydroxylation is 1. The molecule has 1 amide bonds. The van der Waals surface area contributed by atoms with Crippen molar-refractivity contribution in [1.82, 2.24) is 5.32 Å². The summed E-state index contributed by atoms with van der Waals surface area (Å²) in [6.07, 6.45) is 0.834. The fourth-order valence-corrected chi connectivity index (χ4v) is 2.35. The Bertz CT molecular complexity index is 516. The highest BCUT2D eigenvalue weighted by Gasteiger charge is 2.15. The number of rotatable bonds is 10. The van der Waals surface area contributed by atoms with Crippen molar-refractivity contribution in [3.05, 3.63) is 42.5 Å². The Hall–Kier alpha value is -1.79. The molecule has 0 bridgehead atoms. The number of thioether (sulfide) groups is 1. The van der Waals surface area contributed by atoms with Gasteiger partial charge in [-0.3, -0.25) is 4.79 Å². The Kier molecular flexibility index (Phi) is 9.09. The quantitative estimate of drug-likeness (QED) is 0.307. The first-order valence-corrected chi connectivity index (χ1v) is 8.36. The Labute approximate surface area is 141 Å². The summed E-state index contributed by atoms with van der Waals surface area (Å²) in [7, 11) is 0. The zero-order valence-electron chi connectivity index (χ0n) is 13.5. The van der Waals surface area contributed by atoms with E-state index in [-0.39, 0.29) is 19.1 Å². The lowest BCUT2D eigenvalue weighted by atomic mass is 10.2. The molecule has 0 aromatic heterocycles. The first-order valence-electron chi connectivity index (χ1n) is 7.38. The Balaban J connectivity index is 2.13. The van der Waals surface area contributed by atoms with Gasteiger partial charge in [0.25, 0.3) is 5.91 Å². The van der Waals surface area contributed by atoms with E-state index in [4.69, 9.17) is 9.47 Å². The van der Waals surface area contributed by atoms with Crippen LogP contribution in [-0.4, -0.2) is 43.5 Å². The Morgan fingerprint density at radius 2 is 2.04 bits per heavy atom. The summed E-state index contributed by atoms with van der Waals surface area (Å²) in [6.45, 7) is 7.58. The normalized spacial score (nSPS) is 11.6. The number of esters is 1. The van der Waals surface area contributed by atoms with Crippen LogP contribution in [0.3, 0.4) is 0 Å². The van der Waals surface area contributed by atoms with Crippen LogP contribution >= 0.6 is 11.8 Å². The van der Waals surface area contributed by atoms with Crippen molar-refractivity contribution in [3.8, 4) is 0 Å². The number of carbonyl (C=O) groups excluding carboxylic acids is 2. The topological polar surface area (TPSA) is 64.6 Å². The van der Waals surface area contributed by atoms with Crippen molar-refractivity contribution in [2.75, 3.05) is 25.5 Å². The van der Waals surface area contributed by atoms with E-state index in [2.05, 4.69) is 24.0 Å². The minimum atomic E-state index is -0.710. The molecule has 23 heavy (non-hydrogen) atoms. The van der Waals surface area contributed by atoms with Gasteiger partial charge in [0.2, 0.25) is 0 Å². The molecule has 1 aromatic rings. The summed E-state index contributed by atoms with van der Waals surface area (Å²) < 4.78 is 9.99. The lowest BCUT2D eigenvalue weighted by molar-refractivity contribution is -0.158. The highest BCUT2D eigenvalue weighted by Crippen LogP contribution is 2.17. The van der Waals surface area contributed by atoms with Gasteiger partial charge in [0, 0.05) is 17.2 Å². The van der Waals surface area contributed by atoms with Gasteiger partial charge in [-0.25, -0.2) is 4.79 Å². The van der Waals surface area contributed by atoms with Crippen molar-refractivity contribution in [2.45, 2.75) is 24.8 Å². The van der Waals surface area contributed by atoms with Gasteiger partial charge in [0.1, 0.15) is 0 Å². The maximum absolute atomic E-state index is 11.6. The molecule has 1 N–H and O–H groups in total. The van der Waals surface area contributed by atoms with E-state index in [0.29, 0.717) is 6.54 Å². The lowest BCUT2D eigenvalue weighted by Crippen LogP contribution is -2.33. The van der Waals surface area contributed by atoms with Crippen molar-refractivity contribution < 1.29 is 19.1 Å². The highest BCUT2D eigenvalue weighted by molar-refractivity contribution is 7.99. The maximum atomic E-state index is 11.6. The Morgan fingerprint density at radius 3 is 2.70 bits per heavy atom. The summed E-state index contributed by atoms with van der Waals surface area (Å²) in [5.74, 6) is -0.128. The maximum Gasteiger partial charge on any atom is 0.335 e. The lowest BCUT2D eigenvalue weighted by Gasteiger charge is -2.11. The van der Waals surface area contributed by atoms with E-state index in [1.165, 1.54) is 5.56 Å². The molecule has 0 spiro atoms. The third-order valence-corrected chi connectivity index (χ3v) is 3.87. The molecule has 126 valence electrons. The standard InChI is InChI=1S/C17H23NO4S/c1-4-10-21-14(3)17(20)22-12-16(19)18-9-11-23-15-7-5-13(2)6-8-15/h4-8,14H,1,9-12H2,2-3H3,(H,18,19). The smallest absolute Gasteiger partial charge is 0.335 e. The largest absolute Gasteiger partial charge is 0.454 e. The van der Waals surface area contributed by atoms with Crippen molar-refractivity contribution in [2.24, 2.45) is 0 Å². The molecule has 1 rings (SSSR count). The van der Waals surface area contributed by atoms with Crippen LogP contribution in [0.4, 0.5) is 0 Å². The molecule has 0 aliphatic rings. The van der Waals surface area contributed by atoms with E-state index >= 15 is 0 Å². The molecule has 1 atom stereocenters. The second-order valence-corrected chi connectivity index (χ2v) is 6.05. The van der Waals surface area contributed by atoms with Crippen LogP contribution in [0.5, 0.6) is 0 Å². The van der Waals surface area contributed by atoms with Gasteiger partial charge in [-0.05, 0) is 26.0 Å². The summed E-state index contributed by atoms with van der Waals surface area (Å²) in [5.41, 5.74) is 1.22. The van der Waals surface area contributed by atoms with Crippen molar-refractivity contribution in [3.63, 3.8) is 0 Å². The number of ether oxygens (including phenoxy) is 2. The molecule has 0 saturated heterocycles. The molecular formula is C17H23NO4S. The first kappa shape index (κ1) is 19.3. The van der Waals surface area contributed by atoms with Crippen LogP contribution in [0.15, 0.2) is 41.8 Å². The molecule has 1 aromatic carbocycles. The van der Waals surface area contributed by atoms with Gasteiger partial charge in [0.15, 0.2) is 12.7 Å². The predicted molar refractivity (Wildman–Crippen MR) is 91.5 cm³/mol. The summed E-state index contributed by atoms with van der Waals surface area (Å²) in [6, 6.07) is 8.20. The molecule has 5 nitrogen and oxygen atoms in total. The molecule has 6 heteroatoms. The predicted octanol–water partition coefficient (Wildman–Crippen LogP) is 2.34. The molecule has 0 aliphatic heterocycles. The van der Waals surface area contributed by atoms with Gasteiger partial charge in [-0.1, -0.05) is 23.8 Å². The van der Waals surface area contributed by atoms with Gasteiger partial charge in [0.05, 0.1) is 6.61 Å². The summed E-state index contributed by atoms with van der Waals surface area (Å²) in [4.78, 5) is 24.3. The Morgan fingerprint density at radius 1 is 1.35 bits per heavy atom. The third-order valence-electron chi connectivity index (χ3n) is 2.86. The van der Waals surface area contributed by atoms with Crippen molar-refractivity contribution in [1.29, 1.82) is 0 Å². The van der Waals surface area contributed by atoms with Crippen LogP contribution in [0.25, 0.3) is 0 Å². The highest BCUT2D eigenvalue weighted by atomic mass is 32.2. The molecule has 0 heterocycles. The van der Waals surface area contributed by atoms with E-state index in [0.717, 1.165) is 10.6 Å². The van der Waals surface area contributed by atoms with Gasteiger partial charge in [-0.15, -0.1) is 18.3 Å². The SMILES string of the molecule is C=CCOC(C)C(=O)OCC(=O)NCCSc1ccc(C)cc1. The number of amides is 1. The molecule has 0 fully saturated rings. The van der Waals surface area contributed by atoms with Crippen molar-refractivity contribution >= 4 is 23.6 Å². The van der Waals surface area contributed by atoms with E-state index < -0.39 is 12.1 Å². The van der Waals surface area contributed by atoms with Crippen LogP contribution < -0.4 is 5.32 Å². The number of carbonyl (C=O) groups is 2. The first-order chi connectivity index (χ1) is 11.0. The number of hydrogen-bond donors (Lipinski definition) is 1. The summed E-state index contributed by atoms with van der Waals surface area (Å²) in [5, 5.41) is 2.71. The van der Waals surface area contributed by atoms with Crippen LogP contribution in [0, 0.1) is 6.92 Å². The second kappa shape index (κ2) is 10.9. The molecule has 0 saturated carbocycles. The van der Waals surface area contributed by atoms with E-state index in [9.17, 15) is 9.59 Å². The zero-order valence-corrected chi connectivity index (χ0v) is 14.4. The van der Waals surface area contributed by atoms with Crippen LogP contribution in [0.1, 0.15) is 12.5 Å². The minimum absolute atomic E-state index is 0.263. The fraction of sp³-hybridized carbons (Fsp3) is 0.412. The average molecular weight is 337 g/mol. The van der Waals surface area contributed by atoms with Crippen LogP contribution in [-0.2, 0) is 19.1 Å². The molecule has 0 aliphatic carbocycles. The zero-order chi connectivity index (χ0) is 17.1. The van der Waals surface area contributed by atoms with Gasteiger partial charge in [-0.2, -0.15) is 0 Å². The fourth-order valence-electron chi connectivity index (χ4n) is 1.58. The van der Waals surface area contributed by atoms with E-state index in [1.54, 1.807) is 24.8 Å². The minimum Gasteiger partial charge on any atom is -0.454 e.